The fourth-order valence-electron chi connectivity index (χ4n) is 3.90. The van der Waals surface area contributed by atoms with Crippen LogP contribution in [0.4, 0.5) is 5.13 Å². The Hall–Kier alpha value is -1.67. The molecule has 0 unspecified atom stereocenters. The summed E-state index contributed by atoms with van der Waals surface area (Å²) in [7, 11) is 0. The molecule has 3 aromatic rings. The predicted molar refractivity (Wildman–Crippen MR) is 128 cm³/mol. The fourth-order valence-corrected chi connectivity index (χ4v) is 5.66. The van der Waals surface area contributed by atoms with Gasteiger partial charge in [0.1, 0.15) is 12.0 Å². The van der Waals surface area contributed by atoms with Crippen LogP contribution in [-0.2, 0) is 11.2 Å². The maximum atomic E-state index is 10.8. The van der Waals surface area contributed by atoms with Crippen molar-refractivity contribution < 1.29 is 9.53 Å². The van der Waals surface area contributed by atoms with Crippen LogP contribution in [0.1, 0.15) is 30.4 Å². The van der Waals surface area contributed by atoms with Gasteiger partial charge in [-0.3, -0.25) is 0 Å². The van der Waals surface area contributed by atoms with E-state index in [9.17, 15) is 4.79 Å². The monoisotopic (exact) mass is 520 g/mol. The number of nitrogens with zero attached hydrogens (tertiary/aromatic N) is 2. The van der Waals surface area contributed by atoms with E-state index >= 15 is 0 Å². The van der Waals surface area contributed by atoms with Gasteiger partial charge in [-0.2, -0.15) is 0 Å². The first-order valence-corrected chi connectivity index (χ1v) is 12.0. The van der Waals surface area contributed by atoms with Gasteiger partial charge in [0.15, 0.2) is 5.13 Å². The molecule has 0 bridgehead atoms. The fraction of sp³-hybridized carbons (Fsp3) is 0.391. The number of anilines is 1. The number of thiazole rings is 1. The van der Waals surface area contributed by atoms with Gasteiger partial charge in [-0.05, 0) is 96.2 Å². The van der Waals surface area contributed by atoms with E-state index in [0.717, 1.165) is 59.9 Å². The Balaban J connectivity index is 1.27. The van der Waals surface area contributed by atoms with Crippen LogP contribution in [0.15, 0.2) is 36.4 Å². The van der Waals surface area contributed by atoms with Gasteiger partial charge < -0.3 is 14.4 Å². The van der Waals surface area contributed by atoms with Crippen LogP contribution in [-0.4, -0.2) is 31.0 Å². The van der Waals surface area contributed by atoms with E-state index in [0.29, 0.717) is 12.3 Å². The lowest BCUT2D eigenvalue weighted by molar-refractivity contribution is -0.107. The van der Waals surface area contributed by atoms with Crippen LogP contribution in [0.5, 0.6) is 5.75 Å². The second-order valence-electron chi connectivity index (χ2n) is 7.70. The quantitative estimate of drug-likeness (QED) is 0.299. The molecule has 0 spiro atoms. The Kier molecular flexibility index (Phi) is 6.70. The third-order valence-corrected chi connectivity index (χ3v) is 7.20. The molecule has 0 amide bonds. The minimum atomic E-state index is 0.446. The van der Waals surface area contributed by atoms with Crippen molar-refractivity contribution in [3.63, 3.8) is 0 Å². The van der Waals surface area contributed by atoms with Crippen molar-refractivity contribution in [1.82, 2.24) is 4.98 Å². The van der Waals surface area contributed by atoms with E-state index in [4.69, 9.17) is 9.72 Å². The highest BCUT2D eigenvalue weighted by molar-refractivity contribution is 14.1. The summed E-state index contributed by atoms with van der Waals surface area (Å²) in [6, 6.07) is 12.5. The molecule has 1 aliphatic heterocycles. The second-order valence-corrected chi connectivity index (χ2v) is 9.96. The summed E-state index contributed by atoms with van der Waals surface area (Å²) in [5.41, 5.74) is 3.26. The van der Waals surface area contributed by atoms with Gasteiger partial charge in [0.2, 0.25) is 0 Å². The summed E-state index contributed by atoms with van der Waals surface area (Å²) >= 11 is 4.16. The topological polar surface area (TPSA) is 42.4 Å². The number of ether oxygens (including phenoxy) is 1. The third-order valence-electron chi connectivity index (χ3n) is 5.45. The van der Waals surface area contributed by atoms with Gasteiger partial charge in [-0.15, -0.1) is 0 Å². The van der Waals surface area contributed by atoms with E-state index in [1.807, 2.05) is 25.1 Å². The van der Waals surface area contributed by atoms with E-state index in [1.54, 1.807) is 11.3 Å². The van der Waals surface area contributed by atoms with Gasteiger partial charge in [-0.25, -0.2) is 4.98 Å². The normalized spacial score (nSPS) is 15.0. The SMILES string of the molecule is Cc1cc(CC=O)cc(OCCC2CCN(c3nc4ccc(I)cc4s3)CC2)c1. The number of carbonyl (C=O) groups is 1. The van der Waals surface area contributed by atoms with Crippen LogP contribution < -0.4 is 9.64 Å². The Morgan fingerprint density at radius 1 is 1.24 bits per heavy atom. The molecule has 0 radical (unpaired) electrons. The van der Waals surface area contributed by atoms with Crippen LogP contribution in [0.2, 0.25) is 0 Å². The minimum Gasteiger partial charge on any atom is -0.494 e. The molecular formula is C23H25IN2O2S. The highest BCUT2D eigenvalue weighted by Crippen LogP contribution is 2.33. The lowest BCUT2D eigenvalue weighted by Gasteiger charge is -2.31. The average Bonchev–Trinajstić information content (AvgIpc) is 3.11. The number of piperidine rings is 1. The minimum absolute atomic E-state index is 0.446. The highest BCUT2D eigenvalue weighted by Gasteiger charge is 2.21. The number of halogens is 1. The Bertz CT molecular complexity index is 996. The number of hydrogen-bond donors (Lipinski definition) is 0. The van der Waals surface area contributed by atoms with Crippen LogP contribution in [0, 0.1) is 16.4 Å². The molecule has 0 atom stereocenters. The summed E-state index contributed by atoms with van der Waals surface area (Å²) in [5.74, 6) is 1.57. The molecule has 1 fully saturated rings. The zero-order valence-corrected chi connectivity index (χ0v) is 19.5. The first kappa shape index (κ1) is 20.6. The molecule has 29 heavy (non-hydrogen) atoms. The van der Waals surface area contributed by atoms with Crippen molar-refractivity contribution in [3.05, 3.63) is 51.1 Å². The molecule has 0 N–H and O–H groups in total. The second kappa shape index (κ2) is 9.43. The number of aromatic nitrogens is 1. The Morgan fingerprint density at radius 3 is 2.86 bits per heavy atom. The van der Waals surface area contributed by atoms with Crippen molar-refractivity contribution in [1.29, 1.82) is 0 Å². The number of carbonyl (C=O) groups excluding carboxylic acids is 1. The lowest BCUT2D eigenvalue weighted by atomic mass is 9.94. The van der Waals surface area contributed by atoms with E-state index in [2.05, 4.69) is 45.7 Å². The van der Waals surface area contributed by atoms with Gasteiger partial charge >= 0.3 is 0 Å². The van der Waals surface area contributed by atoms with Crippen molar-refractivity contribution in [2.75, 3.05) is 24.6 Å². The van der Waals surface area contributed by atoms with Crippen molar-refractivity contribution >= 4 is 55.6 Å². The van der Waals surface area contributed by atoms with E-state index in [1.165, 1.54) is 21.1 Å². The smallest absolute Gasteiger partial charge is 0.186 e. The predicted octanol–water partition coefficient (Wildman–Crippen LogP) is 5.64. The summed E-state index contributed by atoms with van der Waals surface area (Å²) in [4.78, 5) is 18.0. The summed E-state index contributed by atoms with van der Waals surface area (Å²) in [6.45, 7) is 4.90. The number of hydrogen-bond acceptors (Lipinski definition) is 5. The van der Waals surface area contributed by atoms with Gasteiger partial charge in [0.05, 0.1) is 16.8 Å². The molecule has 1 aromatic heterocycles. The van der Waals surface area contributed by atoms with Gasteiger partial charge in [0, 0.05) is 23.1 Å². The first-order valence-electron chi connectivity index (χ1n) is 10.1. The molecule has 2 aromatic carbocycles. The maximum Gasteiger partial charge on any atom is 0.186 e. The molecule has 6 heteroatoms. The summed E-state index contributed by atoms with van der Waals surface area (Å²) < 4.78 is 8.53. The largest absolute Gasteiger partial charge is 0.494 e. The van der Waals surface area contributed by atoms with Crippen molar-refractivity contribution in [2.45, 2.75) is 32.6 Å². The lowest BCUT2D eigenvalue weighted by Crippen LogP contribution is -2.34. The standard InChI is InChI=1S/C23H25IN2O2S/c1-16-12-18(6-10-27)14-20(13-16)28-11-7-17-4-8-26(9-5-17)23-25-21-3-2-19(24)15-22(21)29-23/h2-3,10,12-15,17H,4-9,11H2,1H3. The number of aldehydes is 1. The molecule has 1 saturated heterocycles. The van der Waals surface area contributed by atoms with Crippen LogP contribution in [0.3, 0.4) is 0 Å². The molecule has 0 saturated carbocycles. The summed E-state index contributed by atoms with van der Waals surface area (Å²) in [6.07, 6.45) is 4.82. The molecule has 4 rings (SSSR count). The molecule has 152 valence electrons. The number of benzene rings is 2. The number of aryl methyl sites for hydroxylation is 1. The zero-order chi connectivity index (χ0) is 20.2. The van der Waals surface area contributed by atoms with E-state index < -0.39 is 0 Å². The van der Waals surface area contributed by atoms with Crippen LogP contribution in [0.25, 0.3) is 10.2 Å². The maximum absolute atomic E-state index is 10.8. The molecule has 4 nitrogen and oxygen atoms in total. The van der Waals surface area contributed by atoms with Crippen LogP contribution >= 0.6 is 33.9 Å². The zero-order valence-electron chi connectivity index (χ0n) is 16.6. The third kappa shape index (κ3) is 5.28. The average molecular weight is 520 g/mol. The Labute approximate surface area is 189 Å². The number of fused-ring (bicyclic) bond motifs is 1. The number of rotatable bonds is 7. The van der Waals surface area contributed by atoms with E-state index in [-0.39, 0.29) is 0 Å². The van der Waals surface area contributed by atoms with Crippen molar-refractivity contribution in [3.8, 4) is 5.75 Å². The van der Waals surface area contributed by atoms with Gasteiger partial charge in [-0.1, -0.05) is 17.4 Å². The molecular weight excluding hydrogens is 495 g/mol. The molecule has 2 heterocycles. The molecule has 1 aliphatic rings. The first-order chi connectivity index (χ1) is 14.1. The molecule has 0 aliphatic carbocycles. The van der Waals surface area contributed by atoms with Gasteiger partial charge in [0.25, 0.3) is 0 Å². The highest BCUT2D eigenvalue weighted by atomic mass is 127. The van der Waals surface area contributed by atoms with Crippen molar-refractivity contribution in [2.24, 2.45) is 5.92 Å². The Morgan fingerprint density at radius 2 is 2.07 bits per heavy atom. The summed E-state index contributed by atoms with van der Waals surface area (Å²) in [5, 5.41) is 1.15.